The topological polar surface area (TPSA) is 43.1 Å². The van der Waals surface area contributed by atoms with Crippen molar-refractivity contribution in [2.24, 2.45) is 5.10 Å². The van der Waals surface area contributed by atoms with E-state index in [0.717, 1.165) is 24.2 Å². The Morgan fingerprint density at radius 3 is 2.63 bits per heavy atom. The summed E-state index contributed by atoms with van der Waals surface area (Å²) in [5.41, 5.74) is 1.35. The molecule has 0 fully saturated rings. The lowest BCUT2D eigenvalue weighted by molar-refractivity contribution is 0.625. The van der Waals surface area contributed by atoms with Crippen molar-refractivity contribution in [3.8, 4) is 0 Å². The summed E-state index contributed by atoms with van der Waals surface area (Å²) in [4.78, 5) is 0. The lowest BCUT2D eigenvalue weighted by atomic mass is 10.2. The largest absolute Gasteiger partial charge is 0.212 e. The van der Waals surface area contributed by atoms with Gasteiger partial charge in [0, 0.05) is 22.8 Å². The van der Waals surface area contributed by atoms with E-state index in [1.54, 1.807) is 16.8 Å². The van der Waals surface area contributed by atoms with Crippen LogP contribution < -0.4 is 0 Å². The third-order valence-corrected chi connectivity index (χ3v) is 5.31. The van der Waals surface area contributed by atoms with Crippen molar-refractivity contribution in [2.45, 2.75) is 30.7 Å². The van der Waals surface area contributed by atoms with Gasteiger partial charge in [0.15, 0.2) is 5.82 Å². The number of hydrogen-bond acceptors (Lipinski definition) is 4. The molecular formula is C19H17Cl2FN4S. The third-order valence-electron chi connectivity index (χ3n) is 3.73. The first-order chi connectivity index (χ1) is 13.1. The highest BCUT2D eigenvalue weighted by molar-refractivity contribution is 7.98. The van der Waals surface area contributed by atoms with Crippen LogP contribution in [0.25, 0.3) is 0 Å². The SMILES string of the molecule is CCCc1nnc(SCc2ccc(Cl)cc2)n1N=Cc1c(F)cccc1Cl. The zero-order valence-electron chi connectivity index (χ0n) is 14.6. The summed E-state index contributed by atoms with van der Waals surface area (Å²) in [6.45, 7) is 2.05. The normalized spacial score (nSPS) is 11.4. The molecule has 0 saturated heterocycles. The molecule has 0 aliphatic carbocycles. The molecule has 2 aromatic carbocycles. The lowest BCUT2D eigenvalue weighted by Gasteiger charge is -2.05. The Balaban J connectivity index is 1.85. The number of benzene rings is 2. The fourth-order valence-electron chi connectivity index (χ4n) is 2.36. The lowest BCUT2D eigenvalue weighted by Crippen LogP contribution is -2.01. The molecule has 0 atom stereocenters. The Labute approximate surface area is 171 Å². The molecule has 1 heterocycles. The number of nitrogens with zero attached hydrogens (tertiary/aromatic N) is 4. The van der Waals surface area contributed by atoms with Gasteiger partial charge in [0.25, 0.3) is 0 Å². The monoisotopic (exact) mass is 422 g/mol. The van der Waals surface area contributed by atoms with Crippen molar-refractivity contribution in [1.29, 1.82) is 0 Å². The zero-order chi connectivity index (χ0) is 19.2. The molecule has 4 nitrogen and oxygen atoms in total. The molecule has 3 rings (SSSR count). The molecule has 0 radical (unpaired) electrons. The number of rotatable bonds is 7. The second kappa shape index (κ2) is 9.35. The number of halogens is 3. The standard InChI is InChI=1S/C19H17Cl2FN4S/c1-2-4-18-24-25-19(27-12-13-7-9-14(20)10-8-13)26(18)23-11-15-16(21)5-3-6-17(15)22/h3,5-11H,2,4,12H2,1H3. The number of aryl methyl sites for hydroxylation is 1. The number of thioether (sulfide) groups is 1. The molecule has 0 N–H and O–H groups in total. The van der Waals surface area contributed by atoms with Gasteiger partial charge in [0.2, 0.25) is 5.16 Å². The number of aromatic nitrogens is 3. The first kappa shape index (κ1) is 19.9. The van der Waals surface area contributed by atoms with Gasteiger partial charge < -0.3 is 0 Å². The summed E-state index contributed by atoms with van der Waals surface area (Å²) in [5.74, 6) is 0.990. The molecule has 0 aliphatic heterocycles. The van der Waals surface area contributed by atoms with Crippen molar-refractivity contribution in [2.75, 3.05) is 0 Å². The first-order valence-corrected chi connectivity index (χ1v) is 10.1. The van der Waals surface area contributed by atoms with E-state index in [2.05, 4.69) is 22.2 Å². The fourth-order valence-corrected chi connectivity index (χ4v) is 3.56. The van der Waals surface area contributed by atoms with Gasteiger partial charge in [-0.25, -0.2) is 4.39 Å². The van der Waals surface area contributed by atoms with E-state index in [1.807, 2.05) is 24.3 Å². The van der Waals surface area contributed by atoms with Crippen molar-refractivity contribution >= 4 is 41.2 Å². The van der Waals surface area contributed by atoms with Gasteiger partial charge in [0.05, 0.1) is 11.2 Å². The predicted molar refractivity (Wildman–Crippen MR) is 109 cm³/mol. The third kappa shape index (κ3) is 5.09. The molecule has 3 aromatic rings. The van der Waals surface area contributed by atoms with Crippen LogP contribution in [0.3, 0.4) is 0 Å². The maximum atomic E-state index is 14.0. The molecule has 0 aliphatic rings. The summed E-state index contributed by atoms with van der Waals surface area (Å²) < 4.78 is 15.6. The van der Waals surface area contributed by atoms with Gasteiger partial charge in [-0.3, -0.25) is 0 Å². The van der Waals surface area contributed by atoms with E-state index >= 15 is 0 Å². The average molecular weight is 423 g/mol. The minimum atomic E-state index is -0.424. The van der Waals surface area contributed by atoms with Gasteiger partial charge in [-0.05, 0) is 36.2 Å². The van der Waals surface area contributed by atoms with Gasteiger partial charge in [-0.1, -0.05) is 60.1 Å². The van der Waals surface area contributed by atoms with Gasteiger partial charge in [-0.15, -0.1) is 10.2 Å². The second-order valence-corrected chi connectivity index (χ2v) is 7.54. The molecule has 1 aromatic heterocycles. The highest BCUT2D eigenvalue weighted by Gasteiger charge is 2.12. The van der Waals surface area contributed by atoms with Crippen molar-refractivity contribution in [3.05, 3.63) is 75.3 Å². The van der Waals surface area contributed by atoms with Crippen LogP contribution in [-0.4, -0.2) is 21.1 Å². The van der Waals surface area contributed by atoms with Gasteiger partial charge in [0.1, 0.15) is 5.82 Å². The van der Waals surface area contributed by atoms with Gasteiger partial charge in [-0.2, -0.15) is 9.78 Å². The maximum absolute atomic E-state index is 14.0. The number of hydrogen-bond donors (Lipinski definition) is 0. The summed E-state index contributed by atoms with van der Waals surface area (Å²) in [5, 5.41) is 14.5. The predicted octanol–water partition coefficient (Wildman–Crippen LogP) is 5.85. The maximum Gasteiger partial charge on any atom is 0.212 e. The highest BCUT2D eigenvalue weighted by atomic mass is 35.5. The summed E-state index contributed by atoms with van der Waals surface area (Å²) >= 11 is 13.5. The van der Waals surface area contributed by atoms with E-state index in [0.29, 0.717) is 21.0 Å². The Hall–Kier alpha value is -1.89. The molecule has 27 heavy (non-hydrogen) atoms. The zero-order valence-corrected chi connectivity index (χ0v) is 16.9. The van der Waals surface area contributed by atoms with Crippen LogP contribution >= 0.6 is 35.0 Å². The second-order valence-electron chi connectivity index (χ2n) is 5.76. The molecule has 140 valence electrons. The molecule has 8 heteroatoms. The summed E-state index contributed by atoms with van der Waals surface area (Å²) in [7, 11) is 0. The first-order valence-electron chi connectivity index (χ1n) is 8.38. The molecule has 0 saturated carbocycles. The molecule has 0 spiro atoms. The van der Waals surface area contributed by atoms with Crippen LogP contribution in [0.15, 0.2) is 52.7 Å². The van der Waals surface area contributed by atoms with E-state index in [9.17, 15) is 4.39 Å². The minimum absolute atomic E-state index is 0.240. The Morgan fingerprint density at radius 2 is 1.93 bits per heavy atom. The summed E-state index contributed by atoms with van der Waals surface area (Å²) in [6, 6.07) is 12.2. The summed E-state index contributed by atoms with van der Waals surface area (Å²) in [6.07, 6.45) is 3.03. The fraction of sp³-hybridized carbons (Fsp3) is 0.211. The Morgan fingerprint density at radius 1 is 1.15 bits per heavy atom. The smallest absolute Gasteiger partial charge is 0.206 e. The van der Waals surface area contributed by atoms with Crippen molar-refractivity contribution in [1.82, 2.24) is 14.9 Å². The quantitative estimate of drug-likeness (QED) is 0.354. The van der Waals surface area contributed by atoms with Crippen LogP contribution in [0.2, 0.25) is 10.0 Å². The van der Waals surface area contributed by atoms with E-state index < -0.39 is 5.82 Å². The molecule has 0 amide bonds. The Bertz CT molecular complexity index is 921. The average Bonchev–Trinajstić information content (AvgIpc) is 3.03. The van der Waals surface area contributed by atoms with Crippen LogP contribution in [0.1, 0.15) is 30.3 Å². The Kier molecular flexibility index (Phi) is 6.88. The van der Waals surface area contributed by atoms with Crippen molar-refractivity contribution in [3.63, 3.8) is 0 Å². The van der Waals surface area contributed by atoms with E-state index in [-0.39, 0.29) is 5.56 Å². The van der Waals surface area contributed by atoms with E-state index in [4.69, 9.17) is 23.2 Å². The highest BCUT2D eigenvalue weighted by Crippen LogP contribution is 2.24. The van der Waals surface area contributed by atoms with Crippen LogP contribution in [0.5, 0.6) is 0 Å². The van der Waals surface area contributed by atoms with Gasteiger partial charge >= 0.3 is 0 Å². The minimum Gasteiger partial charge on any atom is -0.206 e. The van der Waals surface area contributed by atoms with Crippen LogP contribution in [0.4, 0.5) is 4.39 Å². The molecule has 0 unspecified atom stereocenters. The molecule has 0 bridgehead atoms. The van der Waals surface area contributed by atoms with Crippen molar-refractivity contribution < 1.29 is 4.39 Å². The van der Waals surface area contributed by atoms with Crippen LogP contribution in [-0.2, 0) is 12.2 Å². The van der Waals surface area contributed by atoms with E-state index in [1.165, 1.54) is 24.0 Å². The van der Waals surface area contributed by atoms with Crippen LogP contribution in [0, 0.1) is 5.82 Å². The molecular weight excluding hydrogens is 406 g/mol.